The Kier molecular flexibility index (Phi) is 4.95. The summed E-state index contributed by atoms with van der Waals surface area (Å²) in [6.45, 7) is 4.33. The molecular formula is C24H21Cl2NO. The smallest absolute Gasteiger partial charge is 0.239 e. The zero-order chi connectivity index (χ0) is 19.9. The van der Waals surface area contributed by atoms with Crippen LogP contribution < -0.4 is 5.32 Å². The van der Waals surface area contributed by atoms with Gasteiger partial charge >= 0.3 is 0 Å². The van der Waals surface area contributed by atoms with Gasteiger partial charge < -0.3 is 5.32 Å². The first kappa shape index (κ1) is 19.0. The number of halogens is 2. The maximum atomic E-state index is 13.4. The third-order valence-electron chi connectivity index (χ3n) is 5.51. The van der Waals surface area contributed by atoms with E-state index in [-0.39, 0.29) is 5.91 Å². The van der Waals surface area contributed by atoms with Crippen molar-refractivity contribution in [2.75, 3.05) is 5.32 Å². The van der Waals surface area contributed by atoms with Crippen LogP contribution >= 0.6 is 23.2 Å². The summed E-state index contributed by atoms with van der Waals surface area (Å²) < 4.78 is 0. The molecule has 1 unspecified atom stereocenters. The van der Waals surface area contributed by atoms with Crippen molar-refractivity contribution < 1.29 is 4.79 Å². The average molecular weight is 410 g/mol. The highest BCUT2D eigenvalue weighted by atomic mass is 35.5. The fourth-order valence-corrected chi connectivity index (χ4v) is 4.40. The maximum absolute atomic E-state index is 13.4. The monoisotopic (exact) mass is 409 g/mol. The van der Waals surface area contributed by atoms with Crippen molar-refractivity contribution in [1.82, 2.24) is 0 Å². The van der Waals surface area contributed by atoms with Crippen molar-refractivity contribution in [3.63, 3.8) is 0 Å². The number of amides is 1. The van der Waals surface area contributed by atoms with E-state index in [0.717, 1.165) is 22.4 Å². The minimum absolute atomic E-state index is 0.0398. The van der Waals surface area contributed by atoms with Gasteiger partial charge in [0.25, 0.3) is 0 Å². The van der Waals surface area contributed by atoms with Crippen LogP contribution in [-0.4, -0.2) is 5.91 Å². The van der Waals surface area contributed by atoms with Gasteiger partial charge in [0.2, 0.25) is 5.91 Å². The molecule has 0 saturated heterocycles. The second kappa shape index (κ2) is 7.27. The van der Waals surface area contributed by atoms with Crippen molar-refractivity contribution in [2.45, 2.75) is 31.6 Å². The standard InChI is InChI=1S/C24H21Cl2NO/c1-15(2)17-6-8-18(9-7-17)24(14-16-4-3-5-19(25)12-16)21-11-10-20(26)13-22(21)27-23(24)28/h3-13,15H,14H2,1-2H3,(H,27,28). The van der Waals surface area contributed by atoms with Crippen molar-refractivity contribution in [2.24, 2.45) is 0 Å². The molecule has 0 spiro atoms. The first-order valence-corrected chi connectivity index (χ1v) is 10.1. The summed E-state index contributed by atoms with van der Waals surface area (Å²) in [5.41, 5.74) is 4.12. The second-order valence-electron chi connectivity index (χ2n) is 7.63. The molecule has 1 heterocycles. The molecule has 0 bridgehead atoms. The van der Waals surface area contributed by atoms with Gasteiger partial charge in [-0.25, -0.2) is 0 Å². The third kappa shape index (κ3) is 3.21. The molecule has 3 aromatic rings. The number of carbonyl (C=O) groups is 1. The van der Waals surface area contributed by atoms with Crippen LogP contribution in [0.1, 0.15) is 42.0 Å². The largest absolute Gasteiger partial charge is 0.325 e. The number of benzene rings is 3. The molecule has 4 heteroatoms. The molecule has 142 valence electrons. The van der Waals surface area contributed by atoms with E-state index in [9.17, 15) is 4.79 Å². The summed E-state index contributed by atoms with van der Waals surface area (Å²) in [5, 5.41) is 4.31. The summed E-state index contributed by atoms with van der Waals surface area (Å²) in [5.74, 6) is 0.392. The highest BCUT2D eigenvalue weighted by molar-refractivity contribution is 6.31. The van der Waals surface area contributed by atoms with E-state index >= 15 is 0 Å². The third-order valence-corrected chi connectivity index (χ3v) is 5.98. The zero-order valence-corrected chi connectivity index (χ0v) is 17.3. The Bertz CT molecular complexity index is 1040. The van der Waals surface area contributed by atoms with Crippen LogP contribution in [0.25, 0.3) is 0 Å². The highest BCUT2D eigenvalue weighted by Gasteiger charge is 2.48. The Labute approximate surface area is 175 Å². The van der Waals surface area contributed by atoms with Gasteiger partial charge in [0.15, 0.2) is 0 Å². The van der Waals surface area contributed by atoms with Gasteiger partial charge in [0, 0.05) is 15.7 Å². The van der Waals surface area contributed by atoms with Gasteiger partial charge in [-0.05, 0) is 58.9 Å². The Hall–Kier alpha value is -2.29. The molecule has 0 fully saturated rings. The fraction of sp³-hybridized carbons (Fsp3) is 0.208. The van der Waals surface area contributed by atoms with E-state index in [4.69, 9.17) is 23.2 Å². The van der Waals surface area contributed by atoms with E-state index in [0.29, 0.717) is 22.4 Å². The van der Waals surface area contributed by atoms with Crippen LogP contribution in [0.3, 0.4) is 0 Å². The van der Waals surface area contributed by atoms with Gasteiger partial charge in [-0.15, -0.1) is 0 Å². The lowest BCUT2D eigenvalue weighted by Gasteiger charge is -2.29. The Balaban J connectivity index is 1.90. The molecule has 3 aromatic carbocycles. The van der Waals surface area contributed by atoms with Gasteiger partial charge in [0.05, 0.1) is 0 Å². The summed E-state index contributed by atoms with van der Waals surface area (Å²) >= 11 is 12.4. The lowest BCUT2D eigenvalue weighted by Crippen LogP contribution is -2.38. The summed E-state index contributed by atoms with van der Waals surface area (Å²) in [7, 11) is 0. The summed E-state index contributed by atoms with van der Waals surface area (Å²) in [6.07, 6.45) is 0.523. The minimum Gasteiger partial charge on any atom is -0.325 e. The Morgan fingerprint density at radius 1 is 0.929 bits per heavy atom. The van der Waals surface area contributed by atoms with Crippen LogP contribution in [0, 0.1) is 0 Å². The van der Waals surface area contributed by atoms with Crippen LogP contribution in [-0.2, 0) is 16.6 Å². The molecule has 1 amide bonds. The quantitative estimate of drug-likeness (QED) is 0.516. The number of fused-ring (bicyclic) bond motifs is 1. The van der Waals surface area contributed by atoms with Crippen molar-refractivity contribution in [3.05, 3.63) is 99.0 Å². The van der Waals surface area contributed by atoms with Crippen molar-refractivity contribution >= 4 is 34.8 Å². The normalized spacial score (nSPS) is 18.2. The SMILES string of the molecule is CC(C)c1ccc(C2(Cc3cccc(Cl)c3)C(=O)Nc3cc(Cl)ccc32)cc1. The Morgan fingerprint density at radius 2 is 1.64 bits per heavy atom. The lowest BCUT2D eigenvalue weighted by atomic mass is 9.71. The predicted molar refractivity (Wildman–Crippen MR) is 117 cm³/mol. The molecule has 1 atom stereocenters. The lowest BCUT2D eigenvalue weighted by molar-refractivity contribution is -0.119. The fourth-order valence-electron chi connectivity index (χ4n) is 4.01. The number of anilines is 1. The minimum atomic E-state index is -0.819. The van der Waals surface area contributed by atoms with Gasteiger partial charge in [-0.1, -0.05) is 79.5 Å². The number of nitrogens with one attached hydrogen (secondary N) is 1. The van der Waals surface area contributed by atoms with Gasteiger partial charge in [-0.3, -0.25) is 4.79 Å². The molecule has 0 aromatic heterocycles. The van der Waals surface area contributed by atoms with Crippen molar-refractivity contribution in [1.29, 1.82) is 0 Å². The first-order valence-electron chi connectivity index (χ1n) is 9.36. The molecule has 0 radical (unpaired) electrons. The molecule has 1 N–H and O–H groups in total. The zero-order valence-electron chi connectivity index (χ0n) is 15.8. The second-order valence-corrected chi connectivity index (χ2v) is 8.51. The van der Waals surface area contributed by atoms with E-state index in [2.05, 4.69) is 43.4 Å². The molecule has 1 aliphatic heterocycles. The van der Waals surface area contributed by atoms with E-state index in [1.54, 1.807) is 0 Å². The van der Waals surface area contributed by atoms with Crippen LogP contribution in [0.2, 0.25) is 10.0 Å². The summed E-state index contributed by atoms with van der Waals surface area (Å²) in [4.78, 5) is 13.4. The van der Waals surface area contributed by atoms with Crippen LogP contribution in [0.4, 0.5) is 5.69 Å². The van der Waals surface area contributed by atoms with E-state index < -0.39 is 5.41 Å². The van der Waals surface area contributed by atoms with Crippen LogP contribution in [0.15, 0.2) is 66.7 Å². The Morgan fingerprint density at radius 3 is 2.32 bits per heavy atom. The molecular weight excluding hydrogens is 389 g/mol. The van der Waals surface area contributed by atoms with E-state index in [1.165, 1.54) is 5.56 Å². The first-order chi connectivity index (χ1) is 13.4. The van der Waals surface area contributed by atoms with E-state index in [1.807, 2.05) is 42.5 Å². The molecule has 1 aliphatic rings. The number of hydrogen-bond donors (Lipinski definition) is 1. The molecule has 28 heavy (non-hydrogen) atoms. The highest BCUT2D eigenvalue weighted by Crippen LogP contribution is 2.46. The van der Waals surface area contributed by atoms with Gasteiger partial charge in [0.1, 0.15) is 5.41 Å². The average Bonchev–Trinajstić information content (AvgIpc) is 2.93. The number of hydrogen-bond acceptors (Lipinski definition) is 1. The molecule has 2 nitrogen and oxygen atoms in total. The van der Waals surface area contributed by atoms with Crippen molar-refractivity contribution in [3.8, 4) is 0 Å². The topological polar surface area (TPSA) is 29.1 Å². The molecule has 4 rings (SSSR count). The molecule has 0 aliphatic carbocycles. The summed E-state index contributed by atoms with van der Waals surface area (Å²) in [6, 6.07) is 21.7. The van der Waals surface area contributed by atoms with Crippen LogP contribution in [0.5, 0.6) is 0 Å². The van der Waals surface area contributed by atoms with Gasteiger partial charge in [-0.2, -0.15) is 0 Å². The molecule has 0 saturated carbocycles. The maximum Gasteiger partial charge on any atom is 0.239 e. The number of carbonyl (C=O) groups excluding carboxylic acids is 1. The predicted octanol–water partition coefficient (Wildman–Crippen LogP) is 6.60. The number of rotatable bonds is 4.